The Labute approximate surface area is 109 Å². The van der Waals surface area contributed by atoms with Gasteiger partial charge in [-0.1, -0.05) is 0 Å². The highest BCUT2D eigenvalue weighted by molar-refractivity contribution is 7.14. The van der Waals surface area contributed by atoms with Gasteiger partial charge >= 0.3 is 12.0 Å². The van der Waals surface area contributed by atoms with E-state index in [1.165, 1.54) is 18.4 Å². The number of carbonyl (C=O) groups is 2. The molecule has 0 radical (unpaired) electrons. The normalized spacial score (nSPS) is 15.3. The molecule has 6 nitrogen and oxygen atoms in total. The number of thiophene rings is 1. The highest BCUT2D eigenvalue weighted by Crippen LogP contribution is 2.24. The first-order chi connectivity index (χ1) is 8.72. The summed E-state index contributed by atoms with van der Waals surface area (Å²) in [5.41, 5.74) is 0.394. The molecule has 2 rings (SSSR count). The lowest BCUT2D eigenvalue weighted by Gasteiger charge is -2.27. The average molecular weight is 269 g/mol. The third-order valence-electron chi connectivity index (χ3n) is 2.70. The van der Waals surface area contributed by atoms with Gasteiger partial charge in [0.15, 0.2) is 0 Å². The first-order valence-electron chi connectivity index (χ1n) is 5.65. The fourth-order valence-electron chi connectivity index (χ4n) is 1.72. The molecule has 0 aromatic carbocycles. The number of amides is 2. The Hall–Kier alpha value is -1.60. The zero-order valence-electron chi connectivity index (χ0n) is 10.1. The topological polar surface area (TPSA) is 70.7 Å². The van der Waals surface area contributed by atoms with Crippen molar-refractivity contribution >= 4 is 28.3 Å². The number of nitrogens with one attached hydrogen (secondary N) is 2. The molecule has 98 valence electrons. The van der Waals surface area contributed by atoms with Crippen LogP contribution in [0.15, 0.2) is 11.4 Å². The predicted molar refractivity (Wildman–Crippen MR) is 69.1 cm³/mol. The minimum Gasteiger partial charge on any atom is -0.465 e. The van der Waals surface area contributed by atoms with Gasteiger partial charge in [-0.15, -0.1) is 11.3 Å². The Morgan fingerprint density at radius 3 is 2.83 bits per heavy atom. The maximum Gasteiger partial charge on any atom is 0.340 e. The van der Waals surface area contributed by atoms with Gasteiger partial charge in [0.25, 0.3) is 0 Å². The summed E-state index contributed by atoms with van der Waals surface area (Å²) in [6.45, 7) is 2.93. The summed E-state index contributed by atoms with van der Waals surface area (Å²) in [7, 11) is 1.32. The summed E-state index contributed by atoms with van der Waals surface area (Å²) in [5.74, 6) is -0.438. The fourth-order valence-corrected chi connectivity index (χ4v) is 2.49. The summed E-state index contributed by atoms with van der Waals surface area (Å²) in [4.78, 5) is 25.2. The molecule has 2 amide bonds. The molecule has 1 aliphatic heterocycles. The van der Waals surface area contributed by atoms with Gasteiger partial charge in [0.05, 0.1) is 12.7 Å². The van der Waals surface area contributed by atoms with E-state index in [2.05, 4.69) is 15.4 Å². The molecular weight excluding hydrogens is 254 g/mol. The molecule has 0 aliphatic carbocycles. The van der Waals surface area contributed by atoms with Crippen LogP contribution in [0.2, 0.25) is 0 Å². The molecule has 0 bridgehead atoms. The van der Waals surface area contributed by atoms with E-state index in [9.17, 15) is 9.59 Å². The van der Waals surface area contributed by atoms with Crippen LogP contribution >= 0.6 is 11.3 Å². The van der Waals surface area contributed by atoms with Crippen molar-refractivity contribution < 1.29 is 14.3 Å². The number of urea groups is 1. The second-order valence-corrected chi connectivity index (χ2v) is 4.74. The van der Waals surface area contributed by atoms with E-state index < -0.39 is 5.97 Å². The molecule has 0 unspecified atom stereocenters. The Morgan fingerprint density at radius 1 is 1.44 bits per heavy atom. The van der Waals surface area contributed by atoms with Crippen LogP contribution in [0, 0.1) is 0 Å². The van der Waals surface area contributed by atoms with Crippen molar-refractivity contribution in [1.29, 1.82) is 0 Å². The van der Waals surface area contributed by atoms with Crippen LogP contribution < -0.4 is 10.6 Å². The zero-order chi connectivity index (χ0) is 13.0. The highest BCUT2D eigenvalue weighted by Gasteiger charge is 2.20. The largest absolute Gasteiger partial charge is 0.465 e. The molecule has 18 heavy (non-hydrogen) atoms. The first-order valence-corrected chi connectivity index (χ1v) is 6.53. The van der Waals surface area contributed by atoms with Gasteiger partial charge in [-0.25, -0.2) is 9.59 Å². The molecule has 1 aromatic heterocycles. The molecule has 7 heteroatoms. The van der Waals surface area contributed by atoms with Gasteiger partial charge in [-0.2, -0.15) is 0 Å². The van der Waals surface area contributed by atoms with Gasteiger partial charge in [-0.05, 0) is 11.4 Å². The Kier molecular flexibility index (Phi) is 4.16. The maximum atomic E-state index is 12.0. The standard InChI is InChI=1S/C11H15N3O3S/c1-17-10(15)8-2-7-18-9(8)13-11(16)14-5-3-12-4-6-14/h2,7,12H,3-6H2,1H3,(H,13,16). The van der Waals surface area contributed by atoms with Crippen molar-refractivity contribution in [3.05, 3.63) is 17.0 Å². The minimum atomic E-state index is -0.438. The number of nitrogens with zero attached hydrogens (tertiary/aromatic N) is 1. The minimum absolute atomic E-state index is 0.177. The second kappa shape index (κ2) is 5.83. The lowest BCUT2D eigenvalue weighted by atomic mass is 10.3. The number of esters is 1. The molecule has 2 heterocycles. The summed E-state index contributed by atoms with van der Waals surface area (Å²) >= 11 is 1.31. The van der Waals surface area contributed by atoms with Crippen LogP contribution in [0.1, 0.15) is 10.4 Å². The van der Waals surface area contributed by atoms with E-state index in [0.29, 0.717) is 23.7 Å². The van der Waals surface area contributed by atoms with E-state index in [-0.39, 0.29) is 6.03 Å². The number of carbonyl (C=O) groups excluding carboxylic acids is 2. The van der Waals surface area contributed by atoms with Gasteiger partial charge in [-0.3, -0.25) is 5.32 Å². The van der Waals surface area contributed by atoms with Gasteiger partial charge < -0.3 is 15.0 Å². The Bertz CT molecular complexity index is 440. The number of hydrogen-bond acceptors (Lipinski definition) is 5. The van der Waals surface area contributed by atoms with Crippen LogP contribution in [0.5, 0.6) is 0 Å². The van der Waals surface area contributed by atoms with Crippen molar-refractivity contribution in [2.45, 2.75) is 0 Å². The quantitative estimate of drug-likeness (QED) is 0.785. The first kappa shape index (κ1) is 12.8. The zero-order valence-corrected chi connectivity index (χ0v) is 10.9. The Balaban J connectivity index is 2.02. The molecule has 0 atom stereocenters. The van der Waals surface area contributed by atoms with Crippen LogP contribution in [0.25, 0.3) is 0 Å². The number of methoxy groups -OCH3 is 1. The van der Waals surface area contributed by atoms with E-state index in [1.807, 2.05) is 0 Å². The monoisotopic (exact) mass is 269 g/mol. The molecule has 0 spiro atoms. The summed E-state index contributed by atoms with van der Waals surface area (Å²) < 4.78 is 4.66. The van der Waals surface area contributed by atoms with Crippen molar-refractivity contribution in [3.63, 3.8) is 0 Å². The molecule has 1 fully saturated rings. The molecular formula is C11H15N3O3S. The van der Waals surface area contributed by atoms with Crippen molar-refractivity contribution in [1.82, 2.24) is 10.2 Å². The molecule has 1 aliphatic rings. The maximum absolute atomic E-state index is 12.0. The molecule has 1 saturated heterocycles. The summed E-state index contributed by atoms with van der Waals surface area (Å²) in [6, 6.07) is 1.47. The fraction of sp³-hybridized carbons (Fsp3) is 0.455. The van der Waals surface area contributed by atoms with Crippen molar-refractivity contribution in [2.75, 3.05) is 38.6 Å². The van der Waals surface area contributed by atoms with E-state index in [1.54, 1.807) is 16.3 Å². The number of anilines is 1. The lowest BCUT2D eigenvalue weighted by Crippen LogP contribution is -2.48. The van der Waals surface area contributed by atoms with Crippen LogP contribution in [-0.4, -0.2) is 50.2 Å². The number of hydrogen-bond donors (Lipinski definition) is 2. The number of ether oxygens (including phenoxy) is 1. The Morgan fingerprint density at radius 2 is 2.17 bits per heavy atom. The van der Waals surface area contributed by atoms with Crippen LogP contribution in [0.4, 0.5) is 9.80 Å². The third-order valence-corrected chi connectivity index (χ3v) is 3.53. The van der Waals surface area contributed by atoms with Crippen LogP contribution in [0.3, 0.4) is 0 Å². The molecule has 0 saturated carbocycles. The van der Waals surface area contributed by atoms with E-state index >= 15 is 0 Å². The van der Waals surface area contributed by atoms with Crippen LogP contribution in [-0.2, 0) is 4.74 Å². The van der Waals surface area contributed by atoms with Gasteiger partial charge in [0.1, 0.15) is 5.00 Å². The SMILES string of the molecule is COC(=O)c1ccsc1NC(=O)N1CCNCC1. The van der Waals surface area contributed by atoms with E-state index in [4.69, 9.17) is 0 Å². The number of rotatable bonds is 2. The smallest absolute Gasteiger partial charge is 0.340 e. The van der Waals surface area contributed by atoms with Gasteiger partial charge in [0, 0.05) is 26.2 Å². The second-order valence-electron chi connectivity index (χ2n) is 3.82. The predicted octanol–water partition coefficient (Wildman–Crippen LogP) is 0.972. The summed E-state index contributed by atoms with van der Waals surface area (Å²) in [6.07, 6.45) is 0. The van der Waals surface area contributed by atoms with Gasteiger partial charge in [0.2, 0.25) is 0 Å². The molecule has 1 aromatic rings. The molecule has 2 N–H and O–H groups in total. The highest BCUT2D eigenvalue weighted by atomic mass is 32.1. The number of piperazine rings is 1. The third kappa shape index (κ3) is 2.80. The van der Waals surface area contributed by atoms with Crippen molar-refractivity contribution in [3.8, 4) is 0 Å². The van der Waals surface area contributed by atoms with E-state index in [0.717, 1.165) is 13.1 Å². The van der Waals surface area contributed by atoms with Crippen molar-refractivity contribution in [2.24, 2.45) is 0 Å². The summed E-state index contributed by atoms with van der Waals surface area (Å²) in [5, 5.41) is 8.21. The average Bonchev–Trinajstić information content (AvgIpc) is 2.87. The lowest BCUT2D eigenvalue weighted by molar-refractivity contribution is 0.0602.